The molecule has 0 atom stereocenters. The summed E-state index contributed by atoms with van der Waals surface area (Å²) in [6, 6.07) is 9.14. The van der Waals surface area contributed by atoms with Crippen molar-refractivity contribution in [3.63, 3.8) is 0 Å². The number of hydrogen-bond donors (Lipinski definition) is 2. The van der Waals surface area contributed by atoms with Crippen LogP contribution in [0.1, 0.15) is 11.1 Å². The highest BCUT2D eigenvalue weighted by Crippen LogP contribution is 2.06. The number of amides is 1. The van der Waals surface area contributed by atoms with Crippen LogP contribution in [0.25, 0.3) is 0 Å². The van der Waals surface area contributed by atoms with E-state index in [1.807, 2.05) is 24.3 Å². The maximum absolute atomic E-state index is 11.5. The molecular weight excluding hydrogens is 244 g/mol. The van der Waals surface area contributed by atoms with Gasteiger partial charge in [-0.15, -0.1) is 0 Å². The number of nitrogens with two attached hydrogens (primary N) is 1. The molecule has 2 aromatic rings. The summed E-state index contributed by atoms with van der Waals surface area (Å²) in [5.41, 5.74) is 3.63. The van der Waals surface area contributed by atoms with E-state index in [9.17, 15) is 9.59 Å². The Hall–Kier alpha value is -2.47. The fourth-order valence-electron chi connectivity index (χ4n) is 1.70. The van der Waals surface area contributed by atoms with E-state index in [1.165, 1.54) is 10.8 Å². The van der Waals surface area contributed by atoms with Gasteiger partial charge in [-0.3, -0.25) is 14.8 Å². The van der Waals surface area contributed by atoms with Crippen LogP contribution in [0.3, 0.4) is 0 Å². The second kappa shape index (κ2) is 5.92. The van der Waals surface area contributed by atoms with Gasteiger partial charge in [0, 0.05) is 12.4 Å². The minimum Gasteiger partial charge on any atom is -0.295 e. The van der Waals surface area contributed by atoms with Crippen LogP contribution in [0.2, 0.25) is 0 Å². The Bertz CT molecular complexity index is 619. The molecule has 0 spiro atoms. The summed E-state index contributed by atoms with van der Waals surface area (Å²) in [6.07, 6.45) is 3.39. The highest BCUT2D eigenvalue weighted by atomic mass is 16.2. The molecule has 0 aliphatic carbocycles. The number of benzene rings is 1. The lowest BCUT2D eigenvalue weighted by Crippen LogP contribution is -2.31. The molecule has 0 fully saturated rings. The molecule has 98 valence electrons. The lowest BCUT2D eigenvalue weighted by Gasteiger charge is -2.06. The Morgan fingerprint density at radius 1 is 1.26 bits per heavy atom. The zero-order valence-corrected chi connectivity index (χ0v) is 10.2. The Balaban J connectivity index is 2.09. The third kappa shape index (κ3) is 3.49. The molecular formula is C13H14N4O2. The first-order valence-corrected chi connectivity index (χ1v) is 5.78. The molecule has 1 amide bonds. The van der Waals surface area contributed by atoms with Gasteiger partial charge in [0.25, 0.3) is 0 Å². The van der Waals surface area contributed by atoms with Crippen LogP contribution in [0.15, 0.2) is 47.5 Å². The van der Waals surface area contributed by atoms with Gasteiger partial charge >= 0.3 is 5.69 Å². The number of nitrogens with zero attached hydrogens (tertiary/aromatic N) is 2. The smallest absolute Gasteiger partial charge is 0.295 e. The van der Waals surface area contributed by atoms with Gasteiger partial charge in [0.05, 0.1) is 13.0 Å². The molecule has 0 saturated carbocycles. The zero-order valence-electron chi connectivity index (χ0n) is 10.2. The van der Waals surface area contributed by atoms with Crippen molar-refractivity contribution in [1.82, 2.24) is 15.0 Å². The second-order valence-corrected chi connectivity index (χ2v) is 4.09. The number of nitrogens with one attached hydrogen (secondary N) is 1. The fraction of sp³-hybridized carbons (Fsp3) is 0.154. The Morgan fingerprint density at radius 2 is 1.95 bits per heavy atom. The molecule has 6 nitrogen and oxygen atoms in total. The number of hydrazine groups is 1. The van der Waals surface area contributed by atoms with Crippen molar-refractivity contribution in [2.45, 2.75) is 13.0 Å². The predicted molar refractivity (Wildman–Crippen MR) is 70.1 cm³/mol. The Morgan fingerprint density at radius 3 is 2.58 bits per heavy atom. The van der Waals surface area contributed by atoms with E-state index < -0.39 is 0 Å². The summed E-state index contributed by atoms with van der Waals surface area (Å²) in [7, 11) is 0. The standard InChI is InChI=1S/C13H14N4O2/c14-16-12(18)8-10-2-4-11(5-3-10)9-17-7-1-6-15-13(17)19/h1-7H,8-9,14H2,(H,16,18). The monoisotopic (exact) mass is 258 g/mol. The molecule has 0 aliphatic rings. The van der Waals surface area contributed by atoms with Gasteiger partial charge in [0.15, 0.2) is 0 Å². The first kappa shape index (κ1) is 13.0. The van der Waals surface area contributed by atoms with Crippen LogP contribution in [0, 0.1) is 0 Å². The molecule has 1 aromatic carbocycles. The zero-order chi connectivity index (χ0) is 13.7. The molecule has 0 bridgehead atoms. The highest BCUT2D eigenvalue weighted by molar-refractivity contribution is 5.77. The molecule has 3 N–H and O–H groups in total. The summed E-state index contributed by atoms with van der Waals surface area (Å²) in [5.74, 6) is 4.78. The van der Waals surface area contributed by atoms with Gasteiger partial charge in [-0.25, -0.2) is 15.6 Å². The minimum absolute atomic E-state index is 0.240. The normalized spacial score (nSPS) is 10.2. The minimum atomic E-state index is -0.283. The van der Waals surface area contributed by atoms with E-state index in [0.717, 1.165) is 11.1 Å². The summed E-state index contributed by atoms with van der Waals surface area (Å²) in [4.78, 5) is 26.3. The number of hydrogen-bond acceptors (Lipinski definition) is 4. The van der Waals surface area contributed by atoms with Gasteiger partial charge in [-0.05, 0) is 17.2 Å². The molecule has 2 rings (SSSR count). The average Bonchev–Trinajstić information content (AvgIpc) is 2.43. The molecule has 0 saturated heterocycles. The third-order valence-electron chi connectivity index (χ3n) is 2.68. The van der Waals surface area contributed by atoms with Crippen LogP contribution in [0.4, 0.5) is 0 Å². The average molecular weight is 258 g/mol. The van der Waals surface area contributed by atoms with Crippen molar-refractivity contribution >= 4 is 5.91 Å². The van der Waals surface area contributed by atoms with Gasteiger partial charge in [0.1, 0.15) is 0 Å². The highest BCUT2D eigenvalue weighted by Gasteiger charge is 2.02. The number of carbonyl (C=O) groups excluding carboxylic acids is 1. The van der Waals surface area contributed by atoms with Crippen molar-refractivity contribution in [2.75, 3.05) is 0 Å². The van der Waals surface area contributed by atoms with E-state index in [2.05, 4.69) is 10.4 Å². The van der Waals surface area contributed by atoms with Gasteiger partial charge < -0.3 is 0 Å². The van der Waals surface area contributed by atoms with Crippen molar-refractivity contribution < 1.29 is 4.79 Å². The number of rotatable bonds is 4. The number of carbonyl (C=O) groups is 1. The number of aromatic nitrogens is 2. The van der Waals surface area contributed by atoms with Gasteiger partial charge in [-0.2, -0.15) is 0 Å². The van der Waals surface area contributed by atoms with E-state index in [-0.39, 0.29) is 18.0 Å². The maximum atomic E-state index is 11.5. The van der Waals surface area contributed by atoms with Crippen LogP contribution in [-0.2, 0) is 17.8 Å². The SMILES string of the molecule is NNC(=O)Cc1ccc(Cn2cccnc2=O)cc1. The Kier molecular flexibility index (Phi) is 4.04. The summed E-state index contributed by atoms with van der Waals surface area (Å²) in [5, 5.41) is 0. The van der Waals surface area contributed by atoms with Crippen molar-refractivity contribution in [1.29, 1.82) is 0 Å². The maximum Gasteiger partial charge on any atom is 0.347 e. The predicted octanol–water partition coefficient (Wildman–Crippen LogP) is -0.176. The summed E-state index contributed by atoms with van der Waals surface area (Å²) < 4.78 is 1.52. The van der Waals surface area contributed by atoms with E-state index in [0.29, 0.717) is 6.54 Å². The van der Waals surface area contributed by atoms with E-state index >= 15 is 0 Å². The molecule has 0 unspecified atom stereocenters. The molecule has 1 aromatic heterocycles. The van der Waals surface area contributed by atoms with Gasteiger partial charge in [-0.1, -0.05) is 24.3 Å². The quantitative estimate of drug-likeness (QED) is 0.452. The first-order chi connectivity index (χ1) is 9.19. The fourth-order valence-corrected chi connectivity index (χ4v) is 1.70. The second-order valence-electron chi connectivity index (χ2n) is 4.09. The summed E-state index contributed by atoms with van der Waals surface area (Å²) >= 11 is 0. The van der Waals surface area contributed by atoms with Crippen LogP contribution < -0.4 is 17.0 Å². The lowest BCUT2D eigenvalue weighted by atomic mass is 10.1. The van der Waals surface area contributed by atoms with Gasteiger partial charge in [0.2, 0.25) is 5.91 Å². The topological polar surface area (TPSA) is 90.0 Å². The first-order valence-electron chi connectivity index (χ1n) is 5.78. The van der Waals surface area contributed by atoms with Crippen LogP contribution in [0.5, 0.6) is 0 Å². The molecule has 0 radical (unpaired) electrons. The lowest BCUT2D eigenvalue weighted by molar-refractivity contribution is -0.120. The van der Waals surface area contributed by atoms with Crippen molar-refractivity contribution in [3.8, 4) is 0 Å². The van der Waals surface area contributed by atoms with Crippen molar-refractivity contribution in [3.05, 3.63) is 64.3 Å². The molecule has 19 heavy (non-hydrogen) atoms. The molecule has 1 heterocycles. The van der Waals surface area contributed by atoms with E-state index in [4.69, 9.17) is 5.84 Å². The largest absolute Gasteiger partial charge is 0.347 e. The molecule has 6 heteroatoms. The van der Waals surface area contributed by atoms with Crippen LogP contribution >= 0.6 is 0 Å². The van der Waals surface area contributed by atoms with E-state index in [1.54, 1.807) is 12.3 Å². The Labute approximate surface area is 109 Å². The molecule has 0 aliphatic heterocycles. The van der Waals surface area contributed by atoms with Crippen LogP contribution in [-0.4, -0.2) is 15.5 Å². The summed E-state index contributed by atoms with van der Waals surface area (Å²) in [6.45, 7) is 0.454. The third-order valence-corrected chi connectivity index (χ3v) is 2.68. The van der Waals surface area contributed by atoms with Crippen molar-refractivity contribution in [2.24, 2.45) is 5.84 Å².